The van der Waals surface area contributed by atoms with Crippen molar-refractivity contribution >= 4 is 10.9 Å². The minimum absolute atomic E-state index is 0.554. The van der Waals surface area contributed by atoms with Crippen molar-refractivity contribution in [2.45, 2.75) is 19.1 Å². The molecule has 1 aliphatic rings. The van der Waals surface area contributed by atoms with Crippen LogP contribution >= 0.6 is 0 Å². The van der Waals surface area contributed by atoms with Crippen LogP contribution in [0.2, 0.25) is 0 Å². The zero-order valence-electron chi connectivity index (χ0n) is 18.2. The van der Waals surface area contributed by atoms with Gasteiger partial charge < -0.3 is 19.5 Å². The van der Waals surface area contributed by atoms with E-state index in [1.165, 1.54) is 0 Å². The van der Waals surface area contributed by atoms with Crippen molar-refractivity contribution < 1.29 is 14.6 Å². The van der Waals surface area contributed by atoms with Gasteiger partial charge in [0.25, 0.3) is 0 Å². The Morgan fingerprint density at radius 1 is 1.26 bits per heavy atom. The number of aliphatic hydroxyl groups is 1. The van der Waals surface area contributed by atoms with Crippen LogP contribution in [0, 0.1) is 5.92 Å². The summed E-state index contributed by atoms with van der Waals surface area (Å²) in [6, 6.07) is 7.79. The quantitative estimate of drug-likeness (QED) is 0.454. The predicted molar refractivity (Wildman–Crippen MR) is 120 cm³/mol. The number of aromatic nitrogens is 3. The number of hydrogen-bond acceptors (Lipinski definition) is 7. The highest BCUT2D eigenvalue weighted by Gasteiger charge is 2.21. The Hall–Kier alpha value is -2.52. The number of aromatic amines is 1. The lowest BCUT2D eigenvalue weighted by Crippen LogP contribution is -2.39. The number of piperidine rings is 1. The number of nitrogens with zero attached hydrogens (tertiary/aromatic N) is 3. The van der Waals surface area contributed by atoms with E-state index < -0.39 is 6.23 Å². The smallest absolute Gasteiger partial charge is 0.148 e. The molecule has 1 atom stereocenters. The second-order valence-electron chi connectivity index (χ2n) is 8.03. The Kier molecular flexibility index (Phi) is 7.14. The molecular formula is C23H31N5O3. The minimum Gasteiger partial charge on any atom is -0.496 e. The highest BCUT2D eigenvalue weighted by molar-refractivity contribution is 5.87. The number of rotatable bonds is 9. The molecule has 166 valence electrons. The molecule has 3 heterocycles. The van der Waals surface area contributed by atoms with E-state index in [9.17, 15) is 5.11 Å². The average molecular weight is 426 g/mol. The van der Waals surface area contributed by atoms with E-state index in [2.05, 4.69) is 25.4 Å². The van der Waals surface area contributed by atoms with Gasteiger partial charge in [-0.1, -0.05) is 6.07 Å². The molecule has 0 aliphatic carbocycles. The molecule has 4 rings (SSSR count). The van der Waals surface area contributed by atoms with Gasteiger partial charge in [-0.05, 0) is 55.6 Å². The summed E-state index contributed by atoms with van der Waals surface area (Å²) in [7, 11) is 3.39. The van der Waals surface area contributed by atoms with Gasteiger partial charge in [-0.25, -0.2) is 0 Å². The first-order chi connectivity index (χ1) is 15.2. The first-order valence-electron chi connectivity index (χ1n) is 10.8. The summed E-state index contributed by atoms with van der Waals surface area (Å²) in [6.45, 7) is 4.70. The van der Waals surface area contributed by atoms with Crippen LogP contribution in [0.5, 0.6) is 5.75 Å². The van der Waals surface area contributed by atoms with Crippen LogP contribution in [0.4, 0.5) is 0 Å². The number of nitrogens with one attached hydrogen (secondary N) is 2. The lowest BCUT2D eigenvalue weighted by Gasteiger charge is -2.32. The van der Waals surface area contributed by atoms with Crippen LogP contribution in [-0.2, 0) is 4.74 Å². The fourth-order valence-corrected chi connectivity index (χ4v) is 4.20. The van der Waals surface area contributed by atoms with Crippen molar-refractivity contribution in [3.63, 3.8) is 0 Å². The van der Waals surface area contributed by atoms with E-state index in [1.807, 2.05) is 24.3 Å². The van der Waals surface area contributed by atoms with Gasteiger partial charge in [0.05, 0.1) is 24.9 Å². The molecular weight excluding hydrogens is 394 g/mol. The van der Waals surface area contributed by atoms with Gasteiger partial charge in [0.1, 0.15) is 12.0 Å². The van der Waals surface area contributed by atoms with Crippen molar-refractivity contribution in [1.82, 2.24) is 25.4 Å². The van der Waals surface area contributed by atoms with Crippen molar-refractivity contribution in [3.05, 3.63) is 42.4 Å². The molecule has 0 amide bonds. The topological polar surface area (TPSA) is 95.5 Å². The Bertz CT molecular complexity index is 984. The molecule has 8 heteroatoms. The van der Waals surface area contributed by atoms with Crippen molar-refractivity contribution in [3.8, 4) is 16.9 Å². The molecule has 2 aromatic heterocycles. The average Bonchev–Trinajstić information content (AvgIpc) is 3.25. The summed E-state index contributed by atoms with van der Waals surface area (Å²) in [5.74, 6) is 1.31. The summed E-state index contributed by atoms with van der Waals surface area (Å²) in [5.41, 5.74) is 3.36. The number of hydrogen-bond donors (Lipinski definition) is 3. The molecule has 1 fully saturated rings. The second-order valence-corrected chi connectivity index (χ2v) is 8.03. The number of fused-ring (bicyclic) bond motifs is 1. The van der Waals surface area contributed by atoms with Crippen LogP contribution < -0.4 is 10.1 Å². The molecule has 3 aromatic rings. The molecule has 1 aliphatic heterocycles. The van der Waals surface area contributed by atoms with E-state index in [-0.39, 0.29) is 0 Å². The molecule has 31 heavy (non-hydrogen) atoms. The third-order valence-electron chi connectivity index (χ3n) is 6.09. The monoisotopic (exact) mass is 425 g/mol. The zero-order valence-corrected chi connectivity index (χ0v) is 18.2. The fraction of sp³-hybridized carbons (Fsp3) is 0.478. The van der Waals surface area contributed by atoms with Gasteiger partial charge in [0, 0.05) is 43.5 Å². The van der Waals surface area contributed by atoms with Crippen molar-refractivity contribution in [1.29, 1.82) is 0 Å². The summed E-state index contributed by atoms with van der Waals surface area (Å²) in [5, 5.41) is 22.4. The summed E-state index contributed by atoms with van der Waals surface area (Å²) in [6.07, 6.45) is 4.94. The highest BCUT2D eigenvalue weighted by atomic mass is 16.5. The maximum absolute atomic E-state index is 10.8. The Labute approximate surface area is 182 Å². The fourth-order valence-electron chi connectivity index (χ4n) is 4.20. The maximum atomic E-state index is 10.8. The number of methoxy groups -OCH3 is 2. The molecule has 8 nitrogen and oxygen atoms in total. The minimum atomic E-state index is -0.803. The molecule has 0 radical (unpaired) electrons. The van der Waals surface area contributed by atoms with E-state index in [4.69, 9.17) is 9.47 Å². The lowest BCUT2D eigenvalue weighted by atomic mass is 9.96. The summed E-state index contributed by atoms with van der Waals surface area (Å²) in [4.78, 5) is 6.66. The van der Waals surface area contributed by atoms with Gasteiger partial charge in [-0.2, -0.15) is 5.10 Å². The molecule has 1 saturated heterocycles. The molecule has 1 unspecified atom stereocenters. The van der Waals surface area contributed by atoms with Crippen LogP contribution in [0.3, 0.4) is 0 Å². The number of aliphatic hydroxyl groups excluding tert-OH is 1. The van der Waals surface area contributed by atoms with E-state index >= 15 is 0 Å². The Morgan fingerprint density at radius 3 is 2.87 bits per heavy atom. The zero-order chi connectivity index (χ0) is 21.6. The number of benzene rings is 1. The maximum Gasteiger partial charge on any atom is 0.148 e. The highest BCUT2D eigenvalue weighted by Crippen LogP contribution is 2.32. The predicted octanol–water partition coefficient (Wildman–Crippen LogP) is 2.57. The molecule has 0 bridgehead atoms. The van der Waals surface area contributed by atoms with Crippen molar-refractivity contribution in [2.24, 2.45) is 5.92 Å². The largest absolute Gasteiger partial charge is 0.496 e. The Balaban J connectivity index is 1.42. The van der Waals surface area contributed by atoms with Gasteiger partial charge in [-0.3, -0.25) is 15.4 Å². The Morgan fingerprint density at radius 2 is 2.10 bits per heavy atom. The summed E-state index contributed by atoms with van der Waals surface area (Å²) >= 11 is 0. The van der Waals surface area contributed by atoms with Crippen molar-refractivity contribution in [2.75, 3.05) is 47.0 Å². The lowest BCUT2D eigenvalue weighted by molar-refractivity contribution is 0.102. The van der Waals surface area contributed by atoms with E-state index in [1.54, 1.807) is 26.6 Å². The van der Waals surface area contributed by atoms with Gasteiger partial charge >= 0.3 is 0 Å². The molecule has 1 aromatic carbocycles. The third-order valence-corrected chi connectivity index (χ3v) is 6.09. The molecule has 0 saturated carbocycles. The van der Waals surface area contributed by atoms with Crippen LogP contribution in [0.15, 0.2) is 36.7 Å². The first-order valence-corrected chi connectivity index (χ1v) is 10.8. The van der Waals surface area contributed by atoms with Crippen LogP contribution in [-0.4, -0.2) is 72.2 Å². The van der Waals surface area contributed by atoms with Gasteiger partial charge in [0.15, 0.2) is 0 Å². The van der Waals surface area contributed by atoms with Crippen LogP contribution in [0.25, 0.3) is 22.0 Å². The van der Waals surface area contributed by atoms with E-state index in [0.29, 0.717) is 11.6 Å². The number of H-pyrrole nitrogens is 1. The second kappa shape index (κ2) is 10.2. The number of pyridine rings is 1. The standard InChI is InChI=1S/C23H31N5O3/c1-30-12-11-28-9-6-16(7-10-28)14-25-23(29)22-18-13-17(3-4-20(18)26-27-22)19-15-24-8-5-21(19)31-2/h3-5,8,13,15-16,23,25,29H,6-7,9-12,14H2,1-2H3,(H,26,27). The van der Waals surface area contributed by atoms with E-state index in [0.717, 1.165) is 73.4 Å². The molecule has 0 spiro atoms. The third kappa shape index (κ3) is 5.04. The number of ether oxygens (including phenoxy) is 2. The van der Waals surface area contributed by atoms with Crippen LogP contribution in [0.1, 0.15) is 24.8 Å². The normalized spacial score (nSPS) is 16.6. The first kappa shape index (κ1) is 21.7. The SMILES string of the molecule is COCCN1CCC(CNC(O)c2[nH]nc3ccc(-c4cnccc4OC)cc23)CC1. The molecule has 3 N–H and O–H groups in total. The summed E-state index contributed by atoms with van der Waals surface area (Å²) < 4.78 is 10.6. The number of likely N-dealkylation sites (tertiary alicyclic amines) is 1. The van der Waals surface area contributed by atoms with Gasteiger partial charge in [0.2, 0.25) is 0 Å². The van der Waals surface area contributed by atoms with Gasteiger partial charge in [-0.15, -0.1) is 0 Å².